The van der Waals surface area contributed by atoms with Gasteiger partial charge < -0.3 is 10.4 Å². The zero-order valence-corrected chi connectivity index (χ0v) is 11.1. The molecule has 1 saturated carbocycles. The lowest BCUT2D eigenvalue weighted by Gasteiger charge is -2.25. The van der Waals surface area contributed by atoms with E-state index >= 15 is 0 Å². The normalized spacial score (nSPS) is 22.9. The Morgan fingerprint density at radius 3 is 2.74 bits per heavy atom. The second kappa shape index (κ2) is 5.96. The Balaban J connectivity index is 1.77. The molecule has 7 nitrogen and oxygen atoms in total. The number of rotatable bonds is 5. The minimum absolute atomic E-state index is 0.0251. The molecule has 1 fully saturated rings. The van der Waals surface area contributed by atoms with Crippen molar-refractivity contribution in [3.63, 3.8) is 0 Å². The van der Waals surface area contributed by atoms with Crippen LogP contribution in [-0.2, 0) is 4.79 Å². The summed E-state index contributed by atoms with van der Waals surface area (Å²) >= 11 is 1.02. The lowest BCUT2D eigenvalue weighted by atomic mass is 9.82. The third-order valence-corrected chi connectivity index (χ3v) is 4.32. The van der Waals surface area contributed by atoms with E-state index in [1.165, 1.54) is 6.20 Å². The van der Waals surface area contributed by atoms with E-state index in [-0.39, 0.29) is 10.9 Å². The summed E-state index contributed by atoms with van der Waals surface area (Å²) in [6, 6.07) is 0. The Kier molecular flexibility index (Phi) is 4.31. The molecule has 0 atom stereocenters. The van der Waals surface area contributed by atoms with E-state index in [2.05, 4.69) is 10.3 Å². The van der Waals surface area contributed by atoms with Gasteiger partial charge in [-0.1, -0.05) is 0 Å². The average molecular weight is 285 g/mol. The van der Waals surface area contributed by atoms with Crippen LogP contribution in [0.2, 0.25) is 0 Å². The average Bonchev–Trinajstić information content (AvgIpc) is 2.86. The first-order chi connectivity index (χ1) is 9.06. The van der Waals surface area contributed by atoms with Crippen molar-refractivity contribution in [2.45, 2.75) is 25.7 Å². The van der Waals surface area contributed by atoms with Crippen LogP contribution in [0.4, 0.5) is 10.1 Å². The van der Waals surface area contributed by atoms with Crippen LogP contribution in [0.5, 0.6) is 0 Å². The smallest absolute Gasteiger partial charge is 0.345 e. The van der Waals surface area contributed by atoms with E-state index in [9.17, 15) is 14.9 Å². The number of nitrogens with one attached hydrogen (secondary N) is 1. The van der Waals surface area contributed by atoms with Gasteiger partial charge in [0.2, 0.25) is 0 Å². The predicted molar refractivity (Wildman–Crippen MR) is 70.3 cm³/mol. The zero-order valence-electron chi connectivity index (χ0n) is 10.2. The standard InChI is InChI=1S/C11H15N3O4S/c15-10(16)8-3-1-7(2-4-8)5-12-11-13-6-9(19-11)14(17)18/h6-8H,1-5H2,(H,12,13)(H,15,16). The SMILES string of the molecule is O=C(O)C1CCC(CNc2ncc([N+](=O)[O-])s2)CC1. The summed E-state index contributed by atoms with van der Waals surface area (Å²) in [4.78, 5) is 24.8. The van der Waals surface area contributed by atoms with E-state index in [4.69, 9.17) is 5.11 Å². The Morgan fingerprint density at radius 1 is 1.53 bits per heavy atom. The maximum Gasteiger partial charge on any atom is 0.345 e. The van der Waals surface area contributed by atoms with Crippen LogP contribution in [0.25, 0.3) is 0 Å². The molecule has 0 saturated heterocycles. The van der Waals surface area contributed by atoms with Gasteiger partial charge in [0.05, 0.1) is 10.8 Å². The van der Waals surface area contributed by atoms with Gasteiger partial charge in [-0.05, 0) is 42.9 Å². The highest BCUT2D eigenvalue weighted by molar-refractivity contribution is 7.18. The number of hydrogen-bond donors (Lipinski definition) is 2. The van der Waals surface area contributed by atoms with Crippen molar-refractivity contribution < 1.29 is 14.8 Å². The molecule has 0 unspecified atom stereocenters. The fourth-order valence-corrected chi connectivity index (χ4v) is 2.92. The quantitative estimate of drug-likeness (QED) is 0.635. The topological polar surface area (TPSA) is 105 Å². The summed E-state index contributed by atoms with van der Waals surface area (Å²) in [6.07, 6.45) is 4.41. The number of nitrogens with zero attached hydrogens (tertiary/aromatic N) is 2. The molecule has 0 bridgehead atoms. The zero-order chi connectivity index (χ0) is 13.8. The second-order valence-corrected chi connectivity index (χ2v) is 5.71. The van der Waals surface area contributed by atoms with E-state index < -0.39 is 10.9 Å². The molecule has 8 heteroatoms. The lowest BCUT2D eigenvalue weighted by molar-refractivity contribution is -0.380. The molecule has 1 heterocycles. The van der Waals surface area contributed by atoms with Crippen molar-refractivity contribution in [3.05, 3.63) is 16.3 Å². The van der Waals surface area contributed by atoms with Gasteiger partial charge in [0.25, 0.3) is 0 Å². The van der Waals surface area contributed by atoms with Gasteiger partial charge >= 0.3 is 11.0 Å². The van der Waals surface area contributed by atoms with Crippen LogP contribution in [0.15, 0.2) is 6.20 Å². The molecule has 2 rings (SSSR count). The third kappa shape index (κ3) is 3.63. The molecule has 0 spiro atoms. The number of aromatic nitrogens is 1. The number of nitro groups is 1. The first kappa shape index (κ1) is 13.7. The summed E-state index contributed by atoms with van der Waals surface area (Å²) in [5.74, 6) is -0.502. The summed E-state index contributed by atoms with van der Waals surface area (Å²) in [7, 11) is 0. The van der Waals surface area contributed by atoms with Gasteiger partial charge in [-0.3, -0.25) is 14.9 Å². The largest absolute Gasteiger partial charge is 0.481 e. The van der Waals surface area contributed by atoms with Crippen molar-refractivity contribution in [2.75, 3.05) is 11.9 Å². The van der Waals surface area contributed by atoms with Crippen LogP contribution in [0.3, 0.4) is 0 Å². The number of hydrogen-bond acceptors (Lipinski definition) is 6. The number of aliphatic carboxylic acids is 1. The second-order valence-electron chi connectivity index (χ2n) is 4.70. The number of carboxylic acids is 1. The molecule has 1 aromatic heterocycles. The third-order valence-electron chi connectivity index (χ3n) is 3.41. The van der Waals surface area contributed by atoms with Crippen LogP contribution < -0.4 is 5.32 Å². The molecule has 104 valence electrons. The number of thiazole rings is 1. The molecular formula is C11H15N3O4S. The highest BCUT2D eigenvalue weighted by atomic mass is 32.1. The Hall–Kier alpha value is -1.70. The lowest BCUT2D eigenvalue weighted by Crippen LogP contribution is -2.25. The van der Waals surface area contributed by atoms with Crippen molar-refractivity contribution in [1.82, 2.24) is 4.98 Å². The van der Waals surface area contributed by atoms with Crippen molar-refractivity contribution in [1.29, 1.82) is 0 Å². The van der Waals surface area contributed by atoms with E-state index in [1.807, 2.05) is 0 Å². The van der Waals surface area contributed by atoms with Crippen molar-refractivity contribution in [3.8, 4) is 0 Å². The first-order valence-corrected chi connectivity index (χ1v) is 6.95. The van der Waals surface area contributed by atoms with E-state index in [1.54, 1.807) is 0 Å². The molecule has 0 aliphatic heterocycles. The summed E-state index contributed by atoms with van der Waals surface area (Å²) in [5, 5.41) is 23.1. The minimum atomic E-state index is -0.707. The minimum Gasteiger partial charge on any atom is -0.481 e. The first-order valence-electron chi connectivity index (χ1n) is 6.13. The monoisotopic (exact) mass is 285 g/mol. The van der Waals surface area contributed by atoms with Gasteiger partial charge in [0.1, 0.15) is 6.20 Å². The number of carbonyl (C=O) groups is 1. The van der Waals surface area contributed by atoms with Crippen LogP contribution in [0.1, 0.15) is 25.7 Å². The van der Waals surface area contributed by atoms with Crippen LogP contribution in [0, 0.1) is 22.0 Å². The van der Waals surface area contributed by atoms with Crippen molar-refractivity contribution in [2.24, 2.45) is 11.8 Å². The summed E-state index contributed by atoms with van der Waals surface area (Å²) in [6.45, 7) is 0.691. The fraction of sp³-hybridized carbons (Fsp3) is 0.636. The van der Waals surface area contributed by atoms with Gasteiger partial charge in [0, 0.05) is 6.54 Å². The fourth-order valence-electron chi connectivity index (χ4n) is 2.28. The van der Waals surface area contributed by atoms with E-state index in [0.29, 0.717) is 30.4 Å². The predicted octanol–water partition coefficient (Wildman–Crippen LogP) is 2.35. The Labute approximate surface area is 113 Å². The summed E-state index contributed by atoms with van der Waals surface area (Å²) < 4.78 is 0. The maximum atomic E-state index is 10.8. The van der Waals surface area contributed by atoms with Gasteiger partial charge in [-0.2, -0.15) is 0 Å². The molecule has 1 aliphatic carbocycles. The molecular weight excluding hydrogens is 270 g/mol. The number of carboxylic acid groups (broad SMARTS) is 1. The highest BCUT2D eigenvalue weighted by Crippen LogP contribution is 2.30. The van der Waals surface area contributed by atoms with E-state index in [0.717, 1.165) is 24.2 Å². The van der Waals surface area contributed by atoms with Crippen LogP contribution in [-0.4, -0.2) is 27.5 Å². The molecule has 1 aromatic rings. The Morgan fingerprint density at radius 2 is 2.21 bits per heavy atom. The molecule has 0 radical (unpaired) electrons. The maximum absolute atomic E-state index is 10.8. The van der Waals surface area contributed by atoms with Crippen LogP contribution >= 0.6 is 11.3 Å². The highest BCUT2D eigenvalue weighted by Gasteiger charge is 2.25. The van der Waals surface area contributed by atoms with Gasteiger partial charge in [-0.25, -0.2) is 4.98 Å². The Bertz CT molecular complexity index is 468. The molecule has 1 aliphatic rings. The molecule has 19 heavy (non-hydrogen) atoms. The molecule has 0 aromatic carbocycles. The van der Waals surface area contributed by atoms with Gasteiger partial charge in [0.15, 0.2) is 5.13 Å². The van der Waals surface area contributed by atoms with Crippen molar-refractivity contribution >= 4 is 27.4 Å². The number of anilines is 1. The molecule has 0 amide bonds. The molecule has 2 N–H and O–H groups in total. The summed E-state index contributed by atoms with van der Waals surface area (Å²) in [5.41, 5.74) is 0. The van der Waals surface area contributed by atoms with Gasteiger partial charge in [-0.15, -0.1) is 0 Å².